The summed E-state index contributed by atoms with van der Waals surface area (Å²) in [6.07, 6.45) is 10.8. The maximum absolute atomic E-state index is 13.9. The van der Waals surface area contributed by atoms with E-state index in [0.717, 1.165) is 89.9 Å². The number of unbranched alkanes of at least 4 members (excludes halogenated alkanes) is 24. The molecule has 2 rings (SSSR count). The van der Waals surface area contributed by atoms with Gasteiger partial charge in [-0.2, -0.15) is 0 Å². The Morgan fingerprint density at radius 2 is 0.947 bits per heavy atom. The summed E-state index contributed by atoms with van der Waals surface area (Å²) in [7, 11) is -10.8. The molecule has 2 aliphatic heterocycles. The summed E-state index contributed by atoms with van der Waals surface area (Å²) in [6, 6.07) is -3.52. The van der Waals surface area contributed by atoms with Gasteiger partial charge in [-0.25, -0.2) is 9.13 Å². The van der Waals surface area contributed by atoms with E-state index < -0.39 is 133 Å². The molecular formula is C52H100N2O20P2. The van der Waals surface area contributed by atoms with Crippen LogP contribution in [-0.4, -0.2) is 150 Å². The molecular weight excluding hydrogens is 1030 g/mol. The smallest absolute Gasteiger partial charge is 0.462 e. The van der Waals surface area contributed by atoms with Crippen molar-refractivity contribution in [2.45, 2.75) is 300 Å². The number of carbonyl (C=O) groups is 3. The number of hydrogen-bond acceptors (Lipinski definition) is 16. The number of hydrogen-bond donors (Lipinski definition) is 11. The first-order chi connectivity index (χ1) is 36.2. The van der Waals surface area contributed by atoms with Crippen LogP contribution in [0.5, 0.6) is 0 Å². The number of esters is 1. The molecule has 11 N–H and O–H groups in total. The van der Waals surface area contributed by atoms with Gasteiger partial charge in [0.1, 0.15) is 54.8 Å². The Bertz CT molecular complexity index is 1640. The maximum Gasteiger partial charge on any atom is 0.472 e. The molecule has 24 heteroatoms. The molecule has 2 fully saturated rings. The van der Waals surface area contributed by atoms with E-state index in [1.165, 1.54) is 64.2 Å². The molecule has 12 atom stereocenters. The molecule has 0 aliphatic carbocycles. The number of aliphatic hydroxyl groups excluding tert-OH is 5. The topological polar surface area (TPSA) is 347 Å². The van der Waals surface area contributed by atoms with Crippen LogP contribution >= 0.6 is 15.6 Å². The maximum atomic E-state index is 13.9. The first-order valence-electron chi connectivity index (χ1n) is 28.7. The number of rotatable bonds is 45. The van der Waals surface area contributed by atoms with Crippen molar-refractivity contribution in [1.29, 1.82) is 0 Å². The lowest BCUT2D eigenvalue weighted by Crippen LogP contribution is -2.67. The molecule has 0 aromatic heterocycles. The van der Waals surface area contributed by atoms with Gasteiger partial charge >= 0.3 is 21.6 Å². The van der Waals surface area contributed by atoms with Crippen LogP contribution in [0.15, 0.2) is 0 Å². The van der Waals surface area contributed by atoms with Crippen LogP contribution in [0.4, 0.5) is 0 Å². The second-order valence-electron chi connectivity index (χ2n) is 20.9. The second-order valence-corrected chi connectivity index (χ2v) is 23.3. The van der Waals surface area contributed by atoms with Gasteiger partial charge in [-0.1, -0.05) is 181 Å². The lowest BCUT2D eigenvalue weighted by atomic mass is 9.95. The Morgan fingerprint density at radius 3 is 1.42 bits per heavy atom. The lowest BCUT2D eigenvalue weighted by Gasteiger charge is -2.45. The molecule has 0 spiro atoms. The summed E-state index contributed by atoms with van der Waals surface area (Å²) < 4.78 is 56.9. The number of phosphoric ester groups is 2. The molecule has 2 amide bonds. The quantitative estimate of drug-likeness (QED) is 0.0168. The van der Waals surface area contributed by atoms with E-state index >= 15 is 0 Å². The van der Waals surface area contributed by atoms with Gasteiger partial charge < -0.3 is 74.7 Å². The molecule has 2 heterocycles. The predicted octanol–water partition coefficient (Wildman–Crippen LogP) is 6.90. The highest BCUT2D eigenvalue weighted by molar-refractivity contribution is 7.46. The van der Waals surface area contributed by atoms with Crippen molar-refractivity contribution in [2.75, 3.05) is 13.2 Å². The first-order valence-corrected chi connectivity index (χ1v) is 31.8. The summed E-state index contributed by atoms with van der Waals surface area (Å²) in [5.74, 6) is -2.11. The summed E-state index contributed by atoms with van der Waals surface area (Å²) in [4.78, 5) is 79.0. The zero-order chi connectivity index (χ0) is 56.4. The van der Waals surface area contributed by atoms with Crippen LogP contribution in [-0.2, 0) is 51.5 Å². The summed E-state index contributed by atoms with van der Waals surface area (Å²) in [5.41, 5.74) is 0. The third kappa shape index (κ3) is 31.3. The van der Waals surface area contributed by atoms with Gasteiger partial charge in [-0.05, 0) is 25.7 Å². The van der Waals surface area contributed by atoms with Crippen molar-refractivity contribution < 1.29 is 96.6 Å². The molecule has 448 valence electrons. The number of amides is 2. The summed E-state index contributed by atoms with van der Waals surface area (Å²) in [6.45, 7) is 4.65. The molecule has 2 aliphatic rings. The fraction of sp³-hybridized carbons (Fsp3) is 0.942. The molecule has 22 nitrogen and oxygen atoms in total. The van der Waals surface area contributed by atoms with E-state index in [9.17, 15) is 68.6 Å². The molecule has 0 bridgehead atoms. The minimum absolute atomic E-state index is 0.153. The number of ether oxygens (including phenoxy) is 4. The normalized spacial score (nSPS) is 25.0. The molecule has 0 radical (unpaired) electrons. The number of phosphoric acid groups is 2. The van der Waals surface area contributed by atoms with Crippen molar-refractivity contribution in [2.24, 2.45) is 0 Å². The van der Waals surface area contributed by atoms with Gasteiger partial charge in [-0.15, -0.1) is 0 Å². The van der Waals surface area contributed by atoms with Gasteiger partial charge in [0.25, 0.3) is 0 Å². The van der Waals surface area contributed by atoms with Gasteiger partial charge in [0.15, 0.2) is 12.6 Å². The highest BCUT2D eigenvalue weighted by atomic mass is 31.2. The summed E-state index contributed by atoms with van der Waals surface area (Å²) in [5, 5.41) is 59.7. The van der Waals surface area contributed by atoms with Crippen LogP contribution < -0.4 is 10.6 Å². The molecule has 0 aromatic carbocycles. The largest absolute Gasteiger partial charge is 0.472 e. The van der Waals surface area contributed by atoms with Gasteiger partial charge in [0, 0.05) is 6.42 Å². The Kier molecular flexibility index (Phi) is 37.5. The van der Waals surface area contributed by atoms with Crippen molar-refractivity contribution in [3.8, 4) is 0 Å². The number of nitrogens with one attached hydrogen (secondary N) is 2. The molecule has 2 saturated heterocycles. The second kappa shape index (κ2) is 40.5. The van der Waals surface area contributed by atoms with E-state index in [1.54, 1.807) is 0 Å². The van der Waals surface area contributed by atoms with Crippen molar-refractivity contribution in [3.63, 3.8) is 0 Å². The average Bonchev–Trinajstić information content (AvgIpc) is 3.35. The SMILES string of the molecule is CCCCCCCCCCCC(=O)O[C@H](CCCCCCCCCCC)CC(=O)N[C@H]1[C@H](OC[C@H]2OC(OP(=O)(O)O)[C@H](NC(=O)C[C@H](O)CCCCCCCCCCC)[C@@H](O)[C@@H]2O)O[C@H](CO)[C@@H](OP(=O)(O)O)[C@@H]1O. The Balaban J connectivity index is 2.20. The highest BCUT2D eigenvalue weighted by Crippen LogP contribution is 2.43. The Labute approximate surface area is 452 Å². The van der Waals surface area contributed by atoms with Gasteiger partial charge in [0.05, 0.1) is 32.2 Å². The fourth-order valence-corrected chi connectivity index (χ4v) is 10.7. The van der Waals surface area contributed by atoms with E-state index in [2.05, 4.69) is 31.4 Å². The van der Waals surface area contributed by atoms with Crippen LogP contribution in [0, 0.1) is 0 Å². The monoisotopic (exact) mass is 1130 g/mol. The number of carbonyl (C=O) groups excluding carboxylic acids is 3. The third-order valence-corrected chi connectivity index (χ3v) is 15.0. The fourth-order valence-electron chi connectivity index (χ4n) is 9.70. The molecule has 1 unspecified atom stereocenters. The number of aliphatic hydroxyl groups is 5. The minimum Gasteiger partial charge on any atom is -0.462 e. The van der Waals surface area contributed by atoms with Crippen LogP contribution in [0.3, 0.4) is 0 Å². The zero-order valence-corrected chi connectivity index (χ0v) is 47.7. The third-order valence-electron chi connectivity index (χ3n) is 14.0. The zero-order valence-electron chi connectivity index (χ0n) is 45.9. The van der Waals surface area contributed by atoms with Crippen LogP contribution in [0.2, 0.25) is 0 Å². The van der Waals surface area contributed by atoms with E-state index in [4.69, 9.17) is 28.0 Å². The highest BCUT2D eigenvalue weighted by Gasteiger charge is 2.52. The van der Waals surface area contributed by atoms with E-state index in [-0.39, 0.29) is 6.42 Å². The standard InChI is InChI=1S/C52H100N2O20P2/c1-4-7-10-13-16-19-22-25-28-31-38(56)34-42(57)53-45-48(61)47(60)41(72-52(45)74-76(66,67)68)37-69-51-46(49(62)50(40(36-55)71-51)73-75(63,64)65)54-43(58)35-39(32-29-26-23-20-17-14-11-8-5-2)70-44(59)33-30-27-24-21-18-15-12-9-6-3/h38-41,45-52,55-56,60-62H,4-37H2,1-3H3,(H,53,57)(H,54,58)(H2,63,64,65)(H2,66,67,68)/t38-,39-,40-,41-,45-,46-,47-,48-,49-,50-,51-,52?/m1/s1. The lowest BCUT2D eigenvalue weighted by molar-refractivity contribution is -0.294. The van der Waals surface area contributed by atoms with E-state index in [1.807, 2.05) is 0 Å². The van der Waals surface area contributed by atoms with Gasteiger partial charge in [-0.3, -0.25) is 23.4 Å². The van der Waals surface area contributed by atoms with Gasteiger partial charge in [0.2, 0.25) is 11.8 Å². The molecule has 76 heavy (non-hydrogen) atoms. The van der Waals surface area contributed by atoms with Crippen molar-refractivity contribution >= 4 is 33.4 Å². The van der Waals surface area contributed by atoms with Crippen molar-refractivity contribution in [1.82, 2.24) is 10.6 Å². The van der Waals surface area contributed by atoms with Crippen LogP contribution in [0.25, 0.3) is 0 Å². The Hall–Kier alpha value is -1.69. The molecule has 0 saturated carbocycles. The summed E-state index contributed by atoms with van der Waals surface area (Å²) >= 11 is 0. The first kappa shape index (κ1) is 70.4. The van der Waals surface area contributed by atoms with Crippen LogP contribution in [0.1, 0.15) is 226 Å². The molecule has 0 aromatic rings. The van der Waals surface area contributed by atoms with E-state index in [0.29, 0.717) is 32.1 Å². The van der Waals surface area contributed by atoms with Crippen molar-refractivity contribution in [3.05, 3.63) is 0 Å². The predicted molar refractivity (Wildman–Crippen MR) is 283 cm³/mol. The Morgan fingerprint density at radius 1 is 0.526 bits per heavy atom. The minimum atomic E-state index is -5.42. The average molecular weight is 1140 g/mol.